The van der Waals surface area contributed by atoms with Crippen LogP contribution in [0.4, 0.5) is 0 Å². The van der Waals surface area contributed by atoms with Gasteiger partial charge in [0.2, 0.25) is 5.88 Å². The lowest BCUT2D eigenvalue weighted by atomic mass is 9.77. The molecule has 158 valence electrons. The predicted molar refractivity (Wildman–Crippen MR) is 118 cm³/mol. The van der Waals surface area contributed by atoms with Crippen LogP contribution in [-0.4, -0.2) is 12.9 Å². The molecule has 0 radical (unpaired) electrons. The summed E-state index contributed by atoms with van der Waals surface area (Å²) in [7, 11) is 1.59. The molecule has 0 fully saturated rings. The maximum absolute atomic E-state index is 12.8. The number of carbonyl (C=O) groups is 1. The molecular weight excluding hydrogens is 460 g/mol. The van der Waals surface area contributed by atoms with Gasteiger partial charge in [-0.15, -0.1) is 0 Å². The first-order chi connectivity index (χ1) is 15.0. The Morgan fingerprint density at radius 1 is 1.23 bits per heavy atom. The highest BCUT2D eigenvalue weighted by molar-refractivity contribution is 9.10. The van der Waals surface area contributed by atoms with E-state index in [4.69, 9.17) is 19.9 Å². The lowest BCUT2D eigenvalue weighted by Crippen LogP contribution is -2.27. The number of nitriles is 1. The number of Topliss-reactive ketones (excluding diaryl/α,β-unsaturated/α-hetero) is 1. The molecule has 4 rings (SSSR count). The van der Waals surface area contributed by atoms with E-state index in [1.807, 2.05) is 42.5 Å². The molecule has 7 heteroatoms. The smallest absolute Gasteiger partial charge is 0.205 e. The van der Waals surface area contributed by atoms with Gasteiger partial charge in [0.05, 0.1) is 17.5 Å². The van der Waals surface area contributed by atoms with Gasteiger partial charge in [-0.25, -0.2) is 0 Å². The number of rotatable bonds is 5. The number of hydrogen-bond donors (Lipinski definition) is 1. The zero-order valence-corrected chi connectivity index (χ0v) is 18.6. The van der Waals surface area contributed by atoms with Crippen molar-refractivity contribution in [2.75, 3.05) is 7.11 Å². The number of ketones is 1. The van der Waals surface area contributed by atoms with Crippen LogP contribution in [-0.2, 0) is 16.1 Å². The van der Waals surface area contributed by atoms with Gasteiger partial charge in [-0.2, -0.15) is 5.26 Å². The molecular formula is C24H21BrN2O4. The van der Waals surface area contributed by atoms with Crippen LogP contribution in [0.3, 0.4) is 0 Å². The average molecular weight is 481 g/mol. The minimum atomic E-state index is -0.560. The zero-order chi connectivity index (χ0) is 22.0. The van der Waals surface area contributed by atoms with E-state index in [2.05, 4.69) is 22.0 Å². The van der Waals surface area contributed by atoms with E-state index >= 15 is 0 Å². The van der Waals surface area contributed by atoms with Gasteiger partial charge in [-0.1, -0.05) is 18.2 Å². The van der Waals surface area contributed by atoms with E-state index in [0.717, 1.165) is 15.6 Å². The number of halogens is 1. The van der Waals surface area contributed by atoms with Gasteiger partial charge in [0, 0.05) is 24.0 Å². The summed E-state index contributed by atoms with van der Waals surface area (Å²) in [6, 6.07) is 15.3. The number of allylic oxidation sites excluding steroid dienone is 3. The number of nitrogens with two attached hydrogens (primary N) is 1. The maximum atomic E-state index is 12.8. The first-order valence-electron chi connectivity index (χ1n) is 9.91. The van der Waals surface area contributed by atoms with Gasteiger partial charge in [-0.05, 0) is 52.2 Å². The van der Waals surface area contributed by atoms with Crippen molar-refractivity contribution in [2.45, 2.75) is 31.8 Å². The Morgan fingerprint density at radius 2 is 2.03 bits per heavy atom. The summed E-state index contributed by atoms with van der Waals surface area (Å²) < 4.78 is 18.0. The van der Waals surface area contributed by atoms with Crippen molar-refractivity contribution < 1.29 is 19.0 Å². The molecule has 2 aromatic carbocycles. The Hall–Kier alpha value is -3.24. The van der Waals surface area contributed by atoms with Gasteiger partial charge in [0.25, 0.3) is 0 Å². The van der Waals surface area contributed by atoms with Gasteiger partial charge < -0.3 is 19.9 Å². The Bertz CT molecular complexity index is 1150. The topological polar surface area (TPSA) is 94.6 Å². The molecule has 6 nitrogen and oxygen atoms in total. The largest absolute Gasteiger partial charge is 0.496 e. The second-order valence-corrected chi connectivity index (χ2v) is 8.18. The molecule has 1 aliphatic carbocycles. The SMILES string of the molecule is COc1ccc([C@H]2C(C#N)=C(N)OC3=C2C(=O)CCC3)cc1COc1ccccc1Br. The fraction of sp³-hybridized carbons (Fsp3) is 0.250. The van der Waals surface area contributed by atoms with Crippen molar-refractivity contribution in [1.29, 1.82) is 5.26 Å². The van der Waals surface area contributed by atoms with Crippen LogP contribution in [0.2, 0.25) is 0 Å². The van der Waals surface area contributed by atoms with Gasteiger partial charge in [-0.3, -0.25) is 4.79 Å². The second-order valence-electron chi connectivity index (χ2n) is 7.33. The van der Waals surface area contributed by atoms with Gasteiger partial charge >= 0.3 is 0 Å². The molecule has 2 N–H and O–H groups in total. The van der Waals surface area contributed by atoms with Crippen molar-refractivity contribution >= 4 is 21.7 Å². The van der Waals surface area contributed by atoms with Crippen molar-refractivity contribution in [3.8, 4) is 17.6 Å². The van der Waals surface area contributed by atoms with E-state index in [0.29, 0.717) is 42.1 Å². The highest BCUT2D eigenvalue weighted by atomic mass is 79.9. The number of benzene rings is 2. The Morgan fingerprint density at radius 3 is 2.77 bits per heavy atom. The quantitative estimate of drug-likeness (QED) is 0.656. The molecule has 0 saturated heterocycles. The monoisotopic (exact) mass is 480 g/mol. The zero-order valence-electron chi connectivity index (χ0n) is 17.0. The summed E-state index contributed by atoms with van der Waals surface area (Å²) in [4.78, 5) is 12.8. The van der Waals surface area contributed by atoms with Crippen LogP contribution in [0.1, 0.15) is 36.3 Å². The molecule has 31 heavy (non-hydrogen) atoms. The molecule has 0 spiro atoms. The fourth-order valence-corrected chi connectivity index (χ4v) is 4.40. The van der Waals surface area contributed by atoms with Crippen LogP contribution in [0.5, 0.6) is 11.5 Å². The third kappa shape index (κ3) is 4.04. The standard InChI is InChI=1S/C24H21BrN2O4/c1-29-19-10-9-14(11-15(19)13-30-20-7-3-2-5-17(20)25)22-16(12-26)24(27)31-21-8-4-6-18(28)23(21)22/h2-3,5,7,9-11,22H,4,6,8,13,27H2,1H3/t22-/m0/s1. The summed E-state index contributed by atoms with van der Waals surface area (Å²) in [6.07, 6.45) is 1.78. The second kappa shape index (κ2) is 8.86. The van der Waals surface area contributed by atoms with Crippen LogP contribution in [0.15, 0.2) is 69.7 Å². The molecule has 0 amide bonds. The first-order valence-corrected chi connectivity index (χ1v) is 10.7. The molecule has 2 aromatic rings. The van der Waals surface area contributed by atoms with E-state index in [1.165, 1.54) is 0 Å². The summed E-state index contributed by atoms with van der Waals surface area (Å²) in [5.74, 6) is 1.42. The highest BCUT2D eigenvalue weighted by Crippen LogP contribution is 2.44. The van der Waals surface area contributed by atoms with E-state index in [9.17, 15) is 10.1 Å². The normalized spacial score (nSPS) is 18.2. The Labute approximate surface area is 189 Å². The average Bonchev–Trinajstić information content (AvgIpc) is 2.77. The summed E-state index contributed by atoms with van der Waals surface area (Å²) in [5.41, 5.74) is 8.39. The molecule has 1 atom stereocenters. The molecule has 0 bridgehead atoms. The number of hydrogen-bond acceptors (Lipinski definition) is 6. The highest BCUT2D eigenvalue weighted by Gasteiger charge is 2.38. The number of carbonyl (C=O) groups excluding carboxylic acids is 1. The predicted octanol–water partition coefficient (Wildman–Crippen LogP) is 4.85. The minimum Gasteiger partial charge on any atom is -0.496 e. The summed E-state index contributed by atoms with van der Waals surface area (Å²) in [5, 5.41) is 9.77. The van der Waals surface area contributed by atoms with Crippen molar-refractivity contribution in [2.24, 2.45) is 5.73 Å². The van der Waals surface area contributed by atoms with Gasteiger partial charge in [0.1, 0.15) is 35.5 Å². The van der Waals surface area contributed by atoms with Gasteiger partial charge in [0.15, 0.2) is 5.78 Å². The summed E-state index contributed by atoms with van der Waals surface area (Å²) in [6.45, 7) is 0.254. The van der Waals surface area contributed by atoms with Crippen molar-refractivity contribution in [3.63, 3.8) is 0 Å². The van der Waals surface area contributed by atoms with Crippen molar-refractivity contribution in [3.05, 3.63) is 80.9 Å². The number of nitrogens with zero attached hydrogens (tertiary/aromatic N) is 1. The Balaban J connectivity index is 1.74. The fourth-order valence-electron chi connectivity index (χ4n) is 4.00. The van der Waals surface area contributed by atoms with Crippen LogP contribution in [0, 0.1) is 11.3 Å². The molecule has 0 aromatic heterocycles. The first kappa shape index (κ1) is 21.0. The van der Waals surface area contributed by atoms with E-state index < -0.39 is 5.92 Å². The number of methoxy groups -OCH3 is 1. The van der Waals surface area contributed by atoms with Crippen LogP contribution >= 0.6 is 15.9 Å². The van der Waals surface area contributed by atoms with Crippen molar-refractivity contribution in [1.82, 2.24) is 0 Å². The molecule has 0 saturated carbocycles. The maximum Gasteiger partial charge on any atom is 0.205 e. The minimum absolute atomic E-state index is 0.00617. The lowest BCUT2D eigenvalue weighted by Gasteiger charge is -2.31. The molecule has 0 unspecified atom stereocenters. The summed E-state index contributed by atoms with van der Waals surface area (Å²) >= 11 is 3.48. The van der Waals surface area contributed by atoms with Crippen LogP contribution in [0.25, 0.3) is 0 Å². The lowest BCUT2D eigenvalue weighted by molar-refractivity contribution is -0.116. The molecule has 1 heterocycles. The van der Waals surface area contributed by atoms with E-state index in [-0.39, 0.29) is 23.8 Å². The van der Waals surface area contributed by atoms with Crippen LogP contribution < -0.4 is 15.2 Å². The number of ether oxygens (including phenoxy) is 3. The van der Waals surface area contributed by atoms with E-state index in [1.54, 1.807) is 7.11 Å². The Kier molecular flexibility index (Phi) is 6.01. The molecule has 1 aliphatic heterocycles. The number of para-hydroxylation sites is 1. The third-order valence-corrected chi connectivity index (χ3v) is 6.12. The third-order valence-electron chi connectivity index (χ3n) is 5.46. The molecule has 2 aliphatic rings.